The number of nitrogens with zero attached hydrogens (tertiary/aromatic N) is 5. The van der Waals surface area contributed by atoms with Crippen LogP contribution in [0.25, 0.3) is 5.69 Å². The fourth-order valence-corrected chi connectivity index (χ4v) is 4.10. The number of amides is 1. The van der Waals surface area contributed by atoms with Crippen molar-refractivity contribution in [2.75, 3.05) is 12.3 Å². The molecule has 0 radical (unpaired) electrons. The van der Waals surface area contributed by atoms with E-state index in [-0.39, 0.29) is 11.7 Å². The number of hydrogen-bond acceptors (Lipinski definition) is 5. The van der Waals surface area contributed by atoms with Gasteiger partial charge in [0.15, 0.2) is 0 Å². The maximum Gasteiger partial charge on any atom is 0.253 e. The Morgan fingerprint density at radius 2 is 1.76 bits per heavy atom. The highest BCUT2D eigenvalue weighted by atomic mass is 32.2. The second-order valence-corrected chi connectivity index (χ2v) is 8.18. The van der Waals surface area contributed by atoms with Crippen LogP contribution in [0.1, 0.15) is 36.6 Å². The molecule has 1 aliphatic carbocycles. The highest BCUT2D eigenvalue weighted by molar-refractivity contribution is 7.99. The van der Waals surface area contributed by atoms with Gasteiger partial charge in [-0.3, -0.25) is 4.79 Å². The number of carbonyl (C=O) groups excluding carboxylic acids is 1. The van der Waals surface area contributed by atoms with E-state index in [1.54, 1.807) is 5.01 Å². The maximum atomic E-state index is 12.6. The van der Waals surface area contributed by atoms with E-state index in [1.807, 2.05) is 65.3 Å². The molecule has 0 N–H and O–H groups in total. The first-order chi connectivity index (χ1) is 14.3. The van der Waals surface area contributed by atoms with Gasteiger partial charge in [-0.15, -0.1) is 5.10 Å². The van der Waals surface area contributed by atoms with Gasteiger partial charge in [0.1, 0.15) is 5.82 Å². The molecule has 1 amide bonds. The summed E-state index contributed by atoms with van der Waals surface area (Å²) >= 11 is 1.38. The van der Waals surface area contributed by atoms with E-state index in [0.717, 1.165) is 42.0 Å². The number of hydrazone groups is 1. The standard InChI is InChI=1S/C22H21N5OS/c28-20(26-14-13-19(24-26)16-7-3-1-4-8-16)15-29-22-23-21(17-11-12-17)27(25-22)18-9-5-2-6-10-18/h1-10,17H,11-15H2. The molecule has 2 heterocycles. The van der Waals surface area contributed by atoms with Crippen molar-refractivity contribution in [3.05, 3.63) is 72.1 Å². The zero-order valence-electron chi connectivity index (χ0n) is 15.9. The van der Waals surface area contributed by atoms with E-state index in [9.17, 15) is 4.79 Å². The van der Waals surface area contributed by atoms with Crippen LogP contribution < -0.4 is 0 Å². The Balaban J connectivity index is 1.27. The van der Waals surface area contributed by atoms with Crippen molar-refractivity contribution >= 4 is 23.4 Å². The van der Waals surface area contributed by atoms with Crippen LogP contribution in [0.5, 0.6) is 0 Å². The second kappa shape index (κ2) is 7.83. The third-order valence-electron chi connectivity index (χ3n) is 5.08. The molecule has 1 aliphatic heterocycles. The van der Waals surface area contributed by atoms with Crippen LogP contribution in [-0.4, -0.2) is 43.7 Å². The lowest BCUT2D eigenvalue weighted by Crippen LogP contribution is -2.25. The van der Waals surface area contributed by atoms with Crippen molar-refractivity contribution in [3.63, 3.8) is 0 Å². The third kappa shape index (κ3) is 3.96. The van der Waals surface area contributed by atoms with Crippen LogP contribution in [0, 0.1) is 0 Å². The average molecular weight is 404 g/mol. The number of aromatic nitrogens is 3. The molecular weight excluding hydrogens is 382 g/mol. The summed E-state index contributed by atoms with van der Waals surface area (Å²) < 4.78 is 1.92. The minimum Gasteiger partial charge on any atom is -0.272 e. The summed E-state index contributed by atoms with van der Waals surface area (Å²) in [5.74, 6) is 1.75. The van der Waals surface area contributed by atoms with Crippen LogP contribution in [0.3, 0.4) is 0 Å². The summed E-state index contributed by atoms with van der Waals surface area (Å²) in [5, 5.41) is 11.4. The first kappa shape index (κ1) is 18.1. The molecule has 5 rings (SSSR count). The Hall–Kier alpha value is -2.93. The molecule has 0 saturated heterocycles. The van der Waals surface area contributed by atoms with E-state index in [1.165, 1.54) is 11.8 Å². The summed E-state index contributed by atoms with van der Waals surface area (Å²) in [4.78, 5) is 17.4. The van der Waals surface area contributed by atoms with E-state index in [2.05, 4.69) is 10.2 Å². The van der Waals surface area contributed by atoms with Gasteiger partial charge in [-0.25, -0.2) is 14.7 Å². The van der Waals surface area contributed by atoms with Gasteiger partial charge in [0.05, 0.1) is 23.7 Å². The molecule has 29 heavy (non-hydrogen) atoms. The van der Waals surface area contributed by atoms with Gasteiger partial charge in [-0.05, 0) is 30.5 Å². The van der Waals surface area contributed by atoms with E-state index >= 15 is 0 Å². The minimum absolute atomic E-state index is 0.00929. The molecule has 146 valence electrons. The summed E-state index contributed by atoms with van der Waals surface area (Å²) in [6, 6.07) is 20.1. The van der Waals surface area contributed by atoms with Crippen molar-refractivity contribution in [1.82, 2.24) is 19.8 Å². The van der Waals surface area contributed by atoms with Crippen LogP contribution in [0.4, 0.5) is 0 Å². The lowest BCUT2D eigenvalue weighted by molar-refractivity contribution is -0.127. The predicted octanol–water partition coefficient (Wildman–Crippen LogP) is 3.87. The molecule has 0 atom stereocenters. The third-order valence-corrected chi connectivity index (χ3v) is 5.90. The number of rotatable bonds is 6. The Morgan fingerprint density at radius 3 is 2.48 bits per heavy atom. The molecule has 3 aromatic rings. The molecule has 1 aromatic heterocycles. The van der Waals surface area contributed by atoms with Crippen molar-refractivity contribution in [3.8, 4) is 5.69 Å². The summed E-state index contributed by atoms with van der Waals surface area (Å²) in [7, 11) is 0. The number of para-hydroxylation sites is 1. The quantitative estimate of drug-likeness (QED) is 0.586. The molecule has 2 aliphatic rings. The fourth-order valence-electron chi connectivity index (χ4n) is 3.40. The zero-order valence-corrected chi connectivity index (χ0v) is 16.8. The van der Waals surface area contributed by atoms with Gasteiger partial charge < -0.3 is 0 Å². The predicted molar refractivity (Wildman–Crippen MR) is 113 cm³/mol. The molecular formula is C22H21N5OS. The lowest BCUT2D eigenvalue weighted by Gasteiger charge is -2.09. The molecule has 0 spiro atoms. The van der Waals surface area contributed by atoms with Gasteiger partial charge in [0.2, 0.25) is 5.16 Å². The van der Waals surface area contributed by atoms with Gasteiger partial charge in [0, 0.05) is 12.3 Å². The van der Waals surface area contributed by atoms with E-state index in [4.69, 9.17) is 4.98 Å². The monoisotopic (exact) mass is 403 g/mol. The van der Waals surface area contributed by atoms with Crippen LogP contribution in [0.15, 0.2) is 70.9 Å². The second-order valence-electron chi connectivity index (χ2n) is 7.24. The van der Waals surface area contributed by atoms with Crippen molar-refractivity contribution in [2.24, 2.45) is 5.10 Å². The largest absolute Gasteiger partial charge is 0.272 e. The lowest BCUT2D eigenvalue weighted by atomic mass is 10.1. The Bertz CT molecular complexity index is 1040. The molecule has 6 nitrogen and oxygen atoms in total. The summed E-state index contributed by atoms with van der Waals surface area (Å²) in [6.45, 7) is 0.628. The normalized spacial score (nSPS) is 16.1. The summed E-state index contributed by atoms with van der Waals surface area (Å²) in [6.07, 6.45) is 3.09. The van der Waals surface area contributed by atoms with Gasteiger partial charge in [-0.1, -0.05) is 60.3 Å². The van der Waals surface area contributed by atoms with E-state index < -0.39 is 0 Å². The molecule has 1 fully saturated rings. The molecule has 1 saturated carbocycles. The molecule has 0 bridgehead atoms. The van der Waals surface area contributed by atoms with Gasteiger partial charge in [0.25, 0.3) is 5.91 Å². The van der Waals surface area contributed by atoms with Crippen molar-refractivity contribution in [1.29, 1.82) is 0 Å². The van der Waals surface area contributed by atoms with Crippen molar-refractivity contribution < 1.29 is 4.79 Å². The van der Waals surface area contributed by atoms with E-state index in [0.29, 0.717) is 17.6 Å². The first-order valence-corrected chi connectivity index (χ1v) is 10.8. The van der Waals surface area contributed by atoms with Gasteiger partial charge in [-0.2, -0.15) is 5.10 Å². The zero-order chi connectivity index (χ0) is 19.6. The number of benzene rings is 2. The number of hydrogen-bond donors (Lipinski definition) is 0. The van der Waals surface area contributed by atoms with Crippen LogP contribution in [0.2, 0.25) is 0 Å². The van der Waals surface area contributed by atoms with Crippen LogP contribution >= 0.6 is 11.8 Å². The molecule has 7 heteroatoms. The smallest absolute Gasteiger partial charge is 0.253 e. The number of thioether (sulfide) groups is 1. The van der Waals surface area contributed by atoms with Gasteiger partial charge >= 0.3 is 0 Å². The first-order valence-electron chi connectivity index (χ1n) is 9.86. The topological polar surface area (TPSA) is 63.4 Å². The Labute approximate surface area is 173 Å². The average Bonchev–Trinajstić information content (AvgIpc) is 3.34. The minimum atomic E-state index is -0.00929. The molecule has 0 unspecified atom stereocenters. The fraction of sp³-hybridized carbons (Fsp3) is 0.273. The van der Waals surface area contributed by atoms with Crippen molar-refractivity contribution in [2.45, 2.75) is 30.3 Å². The SMILES string of the molecule is O=C(CSc1nc(C2CC2)n(-c2ccccc2)n1)N1CCC(c2ccccc2)=N1. The Kier molecular flexibility index (Phi) is 4.89. The number of carbonyl (C=O) groups is 1. The van der Waals surface area contributed by atoms with Crippen LogP contribution in [-0.2, 0) is 4.79 Å². The highest BCUT2D eigenvalue weighted by Gasteiger charge is 2.31. The maximum absolute atomic E-state index is 12.6. The summed E-state index contributed by atoms with van der Waals surface area (Å²) in [5.41, 5.74) is 3.05. The molecule has 2 aromatic carbocycles. The Morgan fingerprint density at radius 1 is 1.03 bits per heavy atom. The highest BCUT2D eigenvalue weighted by Crippen LogP contribution is 2.40.